The summed E-state index contributed by atoms with van der Waals surface area (Å²) in [5, 5.41) is 2.96. The Kier molecular flexibility index (Phi) is 7.54. The third kappa shape index (κ3) is 5.16. The molecule has 0 aliphatic carbocycles. The normalized spacial score (nSPS) is 10.7. The van der Waals surface area contributed by atoms with Crippen LogP contribution in [0.15, 0.2) is 29.2 Å². The molecular formula is C21H28N2O3S. The number of esters is 1. The number of benzene rings is 1. The van der Waals surface area contributed by atoms with Crippen molar-refractivity contribution in [3.05, 3.63) is 52.3 Å². The zero-order chi connectivity index (χ0) is 20.0. The van der Waals surface area contributed by atoms with Crippen LogP contribution in [0.1, 0.15) is 46.2 Å². The van der Waals surface area contributed by atoms with Gasteiger partial charge in [-0.1, -0.05) is 12.1 Å². The van der Waals surface area contributed by atoms with Crippen LogP contribution in [0.4, 0.5) is 0 Å². The van der Waals surface area contributed by atoms with Crippen LogP contribution >= 0.6 is 11.8 Å². The number of hydrogen-bond acceptors (Lipinski definition) is 4. The number of carbonyl (C=O) groups is 2. The first kappa shape index (κ1) is 21.1. The zero-order valence-electron chi connectivity index (χ0n) is 16.7. The molecule has 1 amide bonds. The lowest BCUT2D eigenvalue weighted by Crippen LogP contribution is -2.23. The highest BCUT2D eigenvalue weighted by atomic mass is 32.2. The van der Waals surface area contributed by atoms with Gasteiger partial charge >= 0.3 is 5.97 Å². The Balaban J connectivity index is 1.96. The number of hydrogen-bond donors (Lipinski definition) is 1. The topological polar surface area (TPSA) is 60.3 Å². The Morgan fingerprint density at radius 3 is 2.44 bits per heavy atom. The molecule has 146 valence electrons. The van der Waals surface area contributed by atoms with Crippen molar-refractivity contribution in [1.82, 2.24) is 9.88 Å². The minimum atomic E-state index is -0.299. The second-order valence-electron chi connectivity index (χ2n) is 6.44. The van der Waals surface area contributed by atoms with Crippen LogP contribution in [0.5, 0.6) is 0 Å². The van der Waals surface area contributed by atoms with Gasteiger partial charge in [0.2, 0.25) is 5.91 Å². The maximum absolute atomic E-state index is 12.2. The standard InChI is InChI=1S/C21H28N2O3S/c1-6-26-21(25)20-14(2)18(23(4)15(20)3)11-12-19(24)22-13-16-7-9-17(27-5)10-8-16/h7-10H,6,11-13H2,1-5H3,(H,22,24). The van der Waals surface area contributed by atoms with Gasteiger partial charge in [-0.05, 0) is 56.7 Å². The van der Waals surface area contributed by atoms with E-state index in [1.807, 2.05) is 43.9 Å². The summed E-state index contributed by atoms with van der Waals surface area (Å²) in [5.41, 5.74) is 4.46. The molecule has 1 N–H and O–H groups in total. The number of thioether (sulfide) groups is 1. The minimum absolute atomic E-state index is 0.000110. The fraction of sp³-hybridized carbons (Fsp3) is 0.429. The molecule has 0 saturated heterocycles. The van der Waals surface area contributed by atoms with E-state index in [4.69, 9.17) is 4.74 Å². The van der Waals surface area contributed by atoms with Gasteiger partial charge in [0.15, 0.2) is 0 Å². The van der Waals surface area contributed by atoms with E-state index in [2.05, 4.69) is 17.4 Å². The van der Waals surface area contributed by atoms with Gasteiger partial charge in [0, 0.05) is 36.3 Å². The van der Waals surface area contributed by atoms with E-state index in [1.165, 1.54) is 4.90 Å². The van der Waals surface area contributed by atoms with Crippen molar-refractivity contribution in [3.8, 4) is 0 Å². The molecule has 1 aromatic heterocycles. The third-order valence-corrected chi connectivity index (χ3v) is 5.54. The minimum Gasteiger partial charge on any atom is -0.462 e. The maximum Gasteiger partial charge on any atom is 0.340 e. The molecule has 2 aromatic rings. The molecule has 5 nitrogen and oxygen atoms in total. The number of nitrogens with one attached hydrogen (secondary N) is 1. The molecule has 27 heavy (non-hydrogen) atoms. The maximum atomic E-state index is 12.2. The van der Waals surface area contributed by atoms with E-state index in [-0.39, 0.29) is 11.9 Å². The molecule has 0 unspecified atom stereocenters. The van der Waals surface area contributed by atoms with E-state index >= 15 is 0 Å². The summed E-state index contributed by atoms with van der Waals surface area (Å²) in [6.45, 7) is 6.49. The van der Waals surface area contributed by atoms with E-state index in [9.17, 15) is 9.59 Å². The summed E-state index contributed by atoms with van der Waals surface area (Å²) in [5.74, 6) is -0.299. The second-order valence-corrected chi connectivity index (χ2v) is 7.32. The van der Waals surface area contributed by atoms with Crippen LogP contribution in [0.3, 0.4) is 0 Å². The van der Waals surface area contributed by atoms with Crippen molar-refractivity contribution in [2.24, 2.45) is 7.05 Å². The number of amides is 1. The van der Waals surface area contributed by atoms with Crippen LogP contribution in [0, 0.1) is 13.8 Å². The Hall–Kier alpha value is -2.21. The van der Waals surface area contributed by atoms with Crippen molar-refractivity contribution in [3.63, 3.8) is 0 Å². The summed E-state index contributed by atoms with van der Waals surface area (Å²) in [4.78, 5) is 25.6. The van der Waals surface area contributed by atoms with Crippen molar-refractivity contribution in [1.29, 1.82) is 0 Å². The van der Waals surface area contributed by atoms with Gasteiger partial charge in [-0.3, -0.25) is 4.79 Å². The fourth-order valence-corrected chi connectivity index (χ4v) is 3.57. The number of carbonyl (C=O) groups excluding carboxylic acids is 2. The summed E-state index contributed by atoms with van der Waals surface area (Å²) in [7, 11) is 1.92. The van der Waals surface area contributed by atoms with E-state index in [0.29, 0.717) is 31.6 Å². The SMILES string of the molecule is CCOC(=O)c1c(C)c(CCC(=O)NCc2ccc(SC)cc2)n(C)c1C. The van der Waals surface area contributed by atoms with Gasteiger partial charge in [0.05, 0.1) is 12.2 Å². The first-order chi connectivity index (χ1) is 12.9. The van der Waals surface area contributed by atoms with Crippen molar-refractivity contribution >= 4 is 23.6 Å². The Bertz CT molecular complexity index is 810. The highest BCUT2D eigenvalue weighted by Gasteiger charge is 2.22. The number of ether oxygens (including phenoxy) is 1. The Morgan fingerprint density at radius 2 is 1.85 bits per heavy atom. The smallest absolute Gasteiger partial charge is 0.340 e. The summed E-state index contributed by atoms with van der Waals surface area (Å²) >= 11 is 1.70. The van der Waals surface area contributed by atoms with E-state index < -0.39 is 0 Å². The summed E-state index contributed by atoms with van der Waals surface area (Å²) in [6.07, 6.45) is 3.00. The van der Waals surface area contributed by atoms with Gasteiger partial charge in [-0.25, -0.2) is 4.79 Å². The van der Waals surface area contributed by atoms with Gasteiger partial charge in [0.25, 0.3) is 0 Å². The highest BCUT2D eigenvalue weighted by molar-refractivity contribution is 7.98. The molecule has 0 radical (unpaired) electrons. The van der Waals surface area contributed by atoms with Gasteiger partial charge in [-0.2, -0.15) is 0 Å². The number of aromatic nitrogens is 1. The van der Waals surface area contributed by atoms with Gasteiger partial charge in [-0.15, -0.1) is 11.8 Å². The predicted molar refractivity (Wildman–Crippen MR) is 109 cm³/mol. The molecule has 0 aliphatic rings. The molecule has 0 saturated carbocycles. The first-order valence-corrected chi connectivity index (χ1v) is 10.3. The molecule has 2 rings (SSSR count). The molecule has 6 heteroatoms. The average Bonchev–Trinajstić information content (AvgIpc) is 2.87. The first-order valence-electron chi connectivity index (χ1n) is 9.10. The molecular weight excluding hydrogens is 360 g/mol. The molecule has 0 fully saturated rings. The lowest BCUT2D eigenvalue weighted by molar-refractivity contribution is -0.121. The largest absolute Gasteiger partial charge is 0.462 e. The van der Waals surface area contributed by atoms with Crippen LogP contribution in [0.25, 0.3) is 0 Å². The average molecular weight is 389 g/mol. The lowest BCUT2D eigenvalue weighted by atomic mass is 10.1. The number of rotatable bonds is 8. The van der Waals surface area contributed by atoms with Crippen LogP contribution in [0.2, 0.25) is 0 Å². The Labute approximate surface area is 165 Å². The highest BCUT2D eigenvalue weighted by Crippen LogP contribution is 2.23. The molecule has 0 aliphatic heterocycles. The van der Waals surface area contributed by atoms with E-state index in [1.54, 1.807) is 18.7 Å². The van der Waals surface area contributed by atoms with Crippen molar-refractivity contribution < 1.29 is 14.3 Å². The van der Waals surface area contributed by atoms with Crippen LogP contribution in [-0.2, 0) is 29.5 Å². The Morgan fingerprint density at radius 1 is 1.19 bits per heavy atom. The molecule has 1 aromatic carbocycles. The molecule has 0 atom stereocenters. The fourth-order valence-electron chi connectivity index (χ4n) is 3.16. The summed E-state index contributed by atoms with van der Waals surface area (Å²) in [6, 6.07) is 8.17. The van der Waals surface area contributed by atoms with Crippen molar-refractivity contribution in [2.45, 2.75) is 45.1 Å². The quantitative estimate of drug-likeness (QED) is 0.552. The van der Waals surface area contributed by atoms with E-state index in [0.717, 1.165) is 22.5 Å². The number of nitrogens with zero attached hydrogens (tertiary/aromatic N) is 1. The van der Waals surface area contributed by atoms with Gasteiger partial charge < -0.3 is 14.6 Å². The molecule has 1 heterocycles. The second kappa shape index (κ2) is 9.65. The van der Waals surface area contributed by atoms with Crippen LogP contribution < -0.4 is 5.32 Å². The van der Waals surface area contributed by atoms with Crippen molar-refractivity contribution in [2.75, 3.05) is 12.9 Å². The zero-order valence-corrected chi connectivity index (χ0v) is 17.5. The lowest BCUT2D eigenvalue weighted by Gasteiger charge is -2.08. The predicted octanol–water partition coefficient (Wildman–Crippen LogP) is 3.79. The molecule has 0 bridgehead atoms. The van der Waals surface area contributed by atoms with Gasteiger partial charge in [0.1, 0.15) is 0 Å². The monoisotopic (exact) mass is 388 g/mol. The third-order valence-electron chi connectivity index (χ3n) is 4.79. The van der Waals surface area contributed by atoms with Crippen LogP contribution in [-0.4, -0.2) is 29.3 Å². The summed E-state index contributed by atoms with van der Waals surface area (Å²) < 4.78 is 7.14. The molecule has 0 spiro atoms.